The Bertz CT molecular complexity index is 527. The zero-order valence-electron chi connectivity index (χ0n) is 12.8. The van der Waals surface area contributed by atoms with E-state index in [9.17, 15) is 9.59 Å². The molecule has 0 bridgehead atoms. The van der Waals surface area contributed by atoms with Crippen LogP contribution in [0.3, 0.4) is 0 Å². The summed E-state index contributed by atoms with van der Waals surface area (Å²) in [6.45, 7) is 7.86. The summed E-state index contributed by atoms with van der Waals surface area (Å²) >= 11 is 0. The highest BCUT2D eigenvalue weighted by Crippen LogP contribution is 2.38. The second-order valence-electron chi connectivity index (χ2n) is 5.85. The Hall–Kier alpha value is -1.84. The van der Waals surface area contributed by atoms with Crippen LogP contribution in [0.25, 0.3) is 0 Å². The predicted molar refractivity (Wildman–Crippen MR) is 79.4 cm³/mol. The second kappa shape index (κ2) is 6.29. The molecule has 2 aliphatic rings. The zero-order chi connectivity index (χ0) is 15.6. The van der Waals surface area contributed by atoms with Gasteiger partial charge in [0.05, 0.1) is 13.0 Å². The van der Waals surface area contributed by atoms with Crippen LogP contribution in [0.15, 0.2) is 35.5 Å². The average Bonchev–Trinajstić information content (AvgIpc) is 2.70. The molecule has 4 nitrogen and oxygen atoms in total. The molecular weight excluding hydrogens is 268 g/mol. The second-order valence-corrected chi connectivity index (χ2v) is 5.85. The quantitative estimate of drug-likeness (QED) is 0.423. The van der Waals surface area contributed by atoms with E-state index in [0.29, 0.717) is 12.0 Å². The first-order valence-corrected chi connectivity index (χ1v) is 7.24. The Morgan fingerprint density at radius 2 is 2.10 bits per heavy atom. The fraction of sp³-hybridized carbons (Fsp3) is 0.529. The molecule has 2 rings (SSSR count). The Balaban J connectivity index is 2.44. The topological polar surface area (TPSA) is 52.6 Å². The van der Waals surface area contributed by atoms with Crippen molar-refractivity contribution in [1.82, 2.24) is 0 Å². The van der Waals surface area contributed by atoms with Crippen molar-refractivity contribution in [2.75, 3.05) is 7.11 Å². The molecule has 21 heavy (non-hydrogen) atoms. The summed E-state index contributed by atoms with van der Waals surface area (Å²) < 4.78 is 10.3. The average molecular weight is 290 g/mol. The molecule has 1 heterocycles. The van der Waals surface area contributed by atoms with E-state index >= 15 is 0 Å². The molecule has 0 aromatic carbocycles. The van der Waals surface area contributed by atoms with Crippen LogP contribution in [-0.4, -0.2) is 25.2 Å². The minimum Gasteiger partial charge on any atom is -0.469 e. The van der Waals surface area contributed by atoms with Crippen molar-refractivity contribution < 1.29 is 19.1 Å². The third kappa shape index (κ3) is 3.26. The fourth-order valence-electron chi connectivity index (χ4n) is 3.05. The van der Waals surface area contributed by atoms with Crippen molar-refractivity contribution in [3.8, 4) is 0 Å². The molecule has 3 unspecified atom stereocenters. The van der Waals surface area contributed by atoms with Crippen LogP contribution >= 0.6 is 0 Å². The molecule has 4 heteroatoms. The predicted octanol–water partition coefficient (Wildman–Crippen LogP) is 2.95. The first kappa shape index (κ1) is 15.5. The van der Waals surface area contributed by atoms with Gasteiger partial charge in [-0.1, -0.05) is 29.9 Å². The van der Waals surface area contributed by atoms with Gasteiger partial charge < -0.3 is 9.47 Å². The van der Waals surface area contributed by atoms with Gasteiger partial charge in [-0.3, -0.25) is 4.79 Å². The molecule has 0 N–H and O–H groups in total. The van der Waals surface area contributed by atoms with Crippen LogP contribution in [0.5, 0.6) is 0 Å². The molecule has 0 radical (unpaired) electrons. The maximum atomic E-state index is 12.2. The van der Waals surface area contributed by atoms with Crippen molar-refractivity contribution in [2.24, 2.45) is 11.8 Å². The van der Waals surface area contributed by atoms with Gasteiger partial charge in [-0.05, 0) is 26.7 Å². The first-order valence-electron chi connectivity index (χ1n) is 7.24. The van der Waals surface area contributed by atoms with Crippen molar-refractivity contribution in [3.05, 3.63) is 35.5 Å². The molecule has 0 saturated carbocycles. The lowest BCUT2D eigenvalue weighted by Gasteiger charge is -2.24. The van der Waals surface area contributed by atoms with Gasteiger partial charge in [-0.2, -0.15) is 0 Å². The van der Waals surface area contributed by atoms with E-state index in [1.165, 1.54) is 12.7 Å². The Labute approximate surface area is 125 Å². The third-order valence-electron chi connectivity index (χ3n) is 4.20. The molecule has 3 atom stereocenters. The number of fused-ring (bicyclic) bond motifs is 1. The number of allylic oxidation sites excluding steroid dienone is 2. The number of carbonyl (C=O) groups excluding carboxylic acids is 2. The fourth-order valence-corrected chi connectivity index (χ4v) is 3.05. The molecule has 0 spiro atoms. The van der Waals surface area contributed by atoms with Crippen LogP contribution < -0.4 is 0 Å². The largest absolute Gasteiger partial charge is 0.469 e. The van der Waals surface area contributed by atoms with Gasteiger partial charge in [0.25, 0.3) is 0 Å². The van der Waals surface area contributed by atoms with E-state index in [1.807, 2.05) is 19.9 Å². The van der Waals surface area contributed by atoms with Gasteiger partial charge in [0, 0.05) is 17.9 Å². The Morgan fingerprint density at radius 1 is 1.38 bits per heavy atom. The van der Waals surface area contributed by atoms with E-state index in [1.54, 1.807) is 0 Å². The maximum Gasteiger partial charge on any atom is 0.334 e. The van der Waals surface area contributed by atoms with Gasteiger partial charge in [0.15, 0.2) is 0 Å². The molecule has 0 aromatic heterocycles. The van der Waals surface area contributed by atoms with E-state index in [4.69, 9.17) is 9.47 Å². The Kier molecular flexibility index (Phi) is 4.66. The highest BCUT2D eigenvalue weighted by Gasteiger charge is 2.45. The van der Waals surface area contributed by atoms with E-state index < -0.39 is 11.9 Å². The molecule has 1 fully saturated rings. The van der Waals surface area contributed by atoms with Crippen molar-refractivity contribution in [3.63, 3.8) is 0 Å². The first-order chi connectivity index (χ1) is 9.93. The third-order valence-corrected chi connectivity index (χ3v) is 4.20. The van der Waals surface area contributed by atoms with Crippen molar-refractivity contribution >= 4 is 11.9 Å². The molecule has 114 valence electrons. The Morgan fingerprint density at radius 3 is 2.76 bits per heavy atom. The van der Waals surface area contributed by atoms with Crippen molar-refractivity contribution in [2.45, 2.75) is 39.2 Å². The lowest BCUT2D eigenvalue weighted by atomic mass is 9.80. The minimum atomic E-state index is -0.509. The zero-order valence-corrected chi connectivity index (χ0v) is 12.8. The summed E-state index contributed by atoms with van der Waals surface area (Å²) in [4.78, 5) is 24.0. The maximum absolute atomic E-state index is 12.2. The number of carbonyl (C=O) groups is 2. The molecule has 0 amide bonds. The standard InChI is InChI=1S/C17H22O4/c1-10-6-5-7-11(2)9-14-15(12(3)16(18)21-14)13(8-10)17(19)20-4/h7-8,13-15H,3,5-6,9H2,1-2,4H3. The van der Waals surface area contributed by atoms with Gasteiger partial charge in [-0.15, -0.1) is 0 Å². The van der Waals surface area contributed by atoms with Crippen LogP contribution in [0.2, 0.25) is 0 Å². The molecular formula is C17H22O4. The van der Waals surface area contributed by atoms with Crippen LogP contribution in [0.1, 0.15) is 33.1 Å². The summed E-state index contributed by atoms with van der Waals surface area (Å²) in [6.07, 6.45) is 6.19. The number of methoxy groups -OCH3 is 1. The highest BCUT2D eigenvalue weighted by atomic mass is 16.6. The summed E-state index contributed by atoms with van der Waals surface area (Å²) in [6, 6.07) is 0. The van der Waals surface area contributed by atoms with E-state index in [-0.39, 0.29) is 18.0 Å². The summed E-state index contributed by atoms with van der Waals surface area (Å²) in [5.74, 6) is -1.60. The lowest BCUT2D eigenvalue weighted by Crippen LogP contribution is -2.31. The van der Waals surface area contributed by atoms with Gasteiger partial charge in [0.1, 0.15) is 6.10 Å². The normalized spacial score (nSPS) is 30.0. The van der Waals surface area contributed by atoms with Crippen molar-refractivity contribution in [1.29, 1.82) is 0 Å². The smallest absolute Gasteiger partial charge is 0.334 e. The summed E-state index contributed by atoms with van der Waals surface area (Å²) in [7, 11) is 1.37. The lowest BCUT2D eigenvalue weighted by molar-refractivity contribution is -0.147. The van der Waals surface area contributed by atoms with E-state index in [0.717, 1.165) is 18.4 Å². The van der Waals surface area contributed by atoms with Crippen LogP contribution in [-0.2, 0) is 19.1 Å². The van der Waals surface area contributed by atoms with Gasteiger partial charge in [-0.25, -0.2) is 4.79 Å². The summed E-state index contributed by atoms with van der Waals surface area (Å²) in [5.41, 5.74) is 2.65. The number of esters is 2. The molecule has 0 aromatic rings. The highest BCUT2D eigenvalue weighted by molar-refractivity contribution is 5.92. The number of hydrogen-bond donors (Lipinski definition) is 0. The monoisotopic (exact) mass is 290 g/mol. The van der Waals surface area contributed by atoms with Gasteiger partial charge in [0.2, 0.25) is 0 Å². The number of ether oxygens (including phenoxy) is 2. The van der Waals surface area contributed by atoms with Crippen LogP contribution in [0.4, 0.5) is 0 Å². The van der Waals surface area contributed by atoms with Crippen LogP contribution in [0, 0.1) is 11.8 Å². The molecule has 1 saturated heterocycles. The summed E-state index contributed by atoms with van der Waals surface area (Å²) in [5, 5.41) is 0. The SMILES string of the molecule is C=C1C(=O)OC2CC(C)=CCCC(C)=CC(C(=O)OC)C12. The van der Waals surface area contributed by atoms with Gasteiger partial charge >= 0.3 is 11.9 Å². The number of rotatable bonds is 1. The number of hydrogen-bond acceptors (Lipinski definition) is 4. The molecule has 1 aliphatic carbocycles. The minimum absolute atomic E-state index is 0.340. The van der Waals surface area contributed by atoms with E-state index in [2.05, 4.69) is 12.7 Å². The molecule has 1 aliphatic heterocycles.